The summed E-state index contributed by atoms with van der Waals surface area (Å²) in [7, 11) is 0. The fraction of sp³-hybridized carbons (Fsp3) is 0.941. The van der Waals surface area contributed by atoms with E-state index in [9.17, 15) is 4.79 Å². The highest BCUT2D eigenvalue weighted by molar-refractivity contribution is 5.68. The van der Waals surface area contributed by atoms with E-state index in [2.05, 4.69) is 31.4 Å². The number of ether oxygens (including phenoxy) is 2. The molecule has 2 N–H and O–H groups in total. The number of amides is 1. The highest BCUT2D eigenvalue weighted by Gasteiger charge is 2.54. The lowest BCUT2D eigenvalue weighted by molar-refractivity contribution is -0.0343. The number of hydrogen-bond donors (Lipinski definition) is 2. The van der Waals surface area contributed by atoms with E-state index in [-0.39, 0.29) is 24.3 Å². The number of fused-ring (bicyclic) bond motifs is 1. The quantitative estimate of drug-likeness (QED) is 0.838. The lowest BCUT2D eigenvalue weighted by Crippen LogP contribution is -2.70. The van der Waals surface area contributed by atoms with Crippen molar-refractivity contribution in [1.29, 1.82) is 0 Å². The first-order chi connectivity index (χ1) is 10.1. The number of alkyl carbamates (subject to hydrolysis) is 1. The van der Waals surface area contributed by atoms with E-state index in [1.807, 2.05) is 20.8 Å². The zero-order valence-electron chi connectivity index (χ0n) is 14.9. The van der Waals surface area contributed by atoms with E-state index in [4.69, 9.17) is 9.47 Å². The van der Waals surface area contributed by atoms with E-state index >= 15 is 0 Å². The summed E-state index contributed by atoms with van der Waals surface area (Å²) >= 11 is 0. The summed E-state index contributed by atoms with van der Waals surface area (Å²) in [5.74, 6) is 0.416. The fourth-order valence-electron chi connectivity index (χ4n) is 3.20. The Hall–Kier alpha value is -0.810. The normalized spacial score (nSPS) is 31.4. The first kappa shape index (κ1) is 17.5. The lowest BCUT2D eigenvalue weighted by atomic mass is 9.71. The Morgan fingerprint density at radius 1 is 1.18 bits per heavy atom. The van der Waals surface area contributed by atoms with Gasteiger partial charge >= 0.3 is 6.09 Å². The highest BCUT2D eigenvalue weighted by atomic mass is 16.6. The molecular weight excluding hydrogens is 280 g/mol. The molecule has 5 heteroatoms. The Labute approximate surface area is 134 Å². The third-order valence-corrected chi connectivity index (χ3v) is 4.32. The van der Waals surface area contributed by atoms with Crippen LogP contribution in [0.25, 0.3) is 0 Å². The molecule has 0 spiro atoms. The standard InChI is InChI=1S/C17H32N2O3/c1-16(2,3)8-9-18-13-12(11-7-10-21-14(11)13)19-15(20)22-17(4,5)6/h11-14,18H,7-10H2,1-6H3,(H,19,20). The average molecular weight is 312 g/mol. The summed E-state index contributed by atoms with van der Waals surface area (Å²) in [5, 5.41) is 6.61. The van der Waals surface area contributed by atoms with Crippen LogP contribution in [-0.2, 0) is 9.47 Å². The van der Waals surface area contributed by atoms with Gasteiger partial charge in [-0.05, 0) is 45.6 Å². The van der Waals surface area contributed by atoms with Gasteiger partial charge in [0.25, 0.3) is 0 Å². The number of nitrogens with one attached hydrogen (secondary N) is 2. The maximum Gasteiger partial charge on any atom is 0.407 e. The van der Waals surface area contributed by atoms with Gasteiger partial charge in [0, 0.05) is 12.5 Å². The van der Waals surface area contributed by atoms with E-state index in [0.717, 1.165) is 26.0 Å². The van der Waals surface area contributed by atoms with Crippen molar-refractivity contribution in [2.75, 3.05) is 13.2 Å². The van der Waals surface area contributed by atoms with Crippen molar-refractivity contribution in [1.82, 2.24) is 10.6 Å². The Kier molecular flexibility index (Phi) is 5.07. The molecule has 0 radical (unpaired) electrons. The molecule has 1 amide bonds. The molecule has 1 aliphatic heterocycles. The van der Waals surface area contributed by atoms with Crippen LogP contribution in [0.2, 0.25) is 0 Å². The van der Waals surface area contributed by atoms with Crippen LogP contribution in [0.1, 0.15) is 54.4 Å². The van der Waals surface area contributed by atoms with Crippen LogP contribution >= 0.6 is 0 Å². The first-order valence-electron chi connectivity index (χ1n) is 8.41. The Balaban J connectivity index is 1.86. The molecule has 2 aliphatic rings. The van der Waals surface area contributed by atoms with Gasteiger partial charge in [0.2, 0.25) is 0 Å². The minimum atomic E-state index is -0.464. The van der Waals surface area contributed by atoms with Gasteiger partial charge in [-0.1, -0.05) is 20.8 Å². The molecule has 0 aromatic rings. The second-order valence-corrected chi connectivity index (χ2v) is 8.75. The van der Waals surface area contributed by atoms with Crippen LogP contribution in [0, 0.1) is 11.3 Å². The minimum absolute atomic E-state index is 0.113. The van der Waals surface area contributed by atoms with Gasteiger partial charge in [0.05, 0.1) is 18.2 Å². The molecule has 0 bridgehead atoms. The molecule has 128 valence electrons. The molecule has 1 aliphatic carbocycles. The van der Waals surface area contributed by atoms with Crippen molar-refractivity contribution in [3.63, 3.8) is 0 Å². The topological polar surface area (TPSA) is 59.6 Å². The summed E-state index contributed by atoms with van der Waals surface area (Å²) in [6.45, 7) is 14.1. The first-order valence-corrected chi connectivity index (χ1v) is 8.41. The third kappa shape index (κ3) is 4.59. The molecule has 0 aromatic heterocycles. The summed E-state index contributed by atoms with van der Waals surface area (Å²) in [6.07, 6.45) is 2.02. The Bertz CT molecular complexity index is 398. The monoisotopic (exact) mass is 312 g/mol. The maximum absolute atomic E-state index is 12.0. The second kappa shape index (κ2) is 6.36. The zero-order valence-corrected chi connectivity index (χ0v) is 14.9. The van der Waals surface area contributed by atoms with E-state index in [1.165, 1.54) is 0 Å². The van der Waals surface area contributed by atoms with Gasteiger partial charge in [0.15, 0.2) is 0 Å². The van der Waals surface area contributed by atoms with Crippen LogP contribution in [0.5, 0.6) is 0 Å². The van der Waals surface area contributed by atoms with Gasteiger partial charge in [-0.15, -0.1) is 0 Å². The van der Waals surface area contributed by atoms with Crippen molar-refractivity contribution in [3.05, 3.63) is 0 Å². The van der Waals surface area contributed by atoms with Crippen molar-refractivity contribution in [2.45, 2.75) is 78.2 Å². The average Bonchev–Trinajstić information content (AvgIpc) is 2.73. The molecule has 5 nitrogen and oxygen atoms in total. The van der Waals surface area contributed by atoms with Crippen LogP contribution in [-0.4, -0.2) is 43.0 Å². The molecular formula is C17H32N2O3. The fourth-order valence-corrected chi connectivity index (χ4v) is 3.20. The second-order valence-electron chi connectivity index (χ2n) is 8.75. The number of hydrogen-bond acceptors (Lipinski definition) is 4. The van der Waals surface area contributed by atoms with Gasteiger partial charge in [0.1, 0.15) is 5.60 Å². The molecule has 0 aromatic carbocycles. The number of carbonyl (C=O) groups excluding carboxylic acids is 1. The van der Waals surface area contributed by atoms with Crippen molar-refractivity contribution in [3.8, 4) is 0 Å². The third-order valence-electron chi connectivity index (χ3n) is 4.32. The predicted molar refractivity (Wildman–Crippen MR) is 86.9 cm³/mol. The summed E-state index contributed by atoms with van der Waals surface area (Å²) < 4.78 is 11.2. The smallest absolute Gasteiger partial charge is 0.407 e. The molecule has 1 saturated heterocycles. The summed E-state index contributed by atoms with van der Waals surface area (Å²) in [4.78, 5) is 12.0. The van der Waals surface area contributed by atoms with E-state index < -0.39 is 5.60 Å². The molecule has 22 heavy (non-hydrogen) atoms. The van der Waals surface area contributed by atoms with Gasteiger partial charge in [-0.25, -0.2) is 4.79 Å². The largest absolute Gasteiger partial charge is 0.444 e. The van der Waals surface area contributed by atoms with E-state index in [0.29, 0.717) is 11.3 Å². The van der Waals surface area contributed by atoms with Crippen LogP contribution < -0.4 is 10.6 Å². The molecule has 2 fully saturated rings. The maximum atomic E-state index is 12.0. The highest BCUT2D eigenvalue weighted by Crippen LogP contribution is 2.39. The molecule has 4 unspecified atom stereocenters. The van der Waals surface area contributed by atoms with Gasteiger partial charge < -0.3 is 20.1 Å². The predicted octanol–water partition coefficient (Wildman–Crippen LogP) is 2.69. The molecule has 1 saturated carbocycles. The number of carbonyl (C=O) groups is 1. The molecule has 4 atom stereocenters. The Morgan fingerprint density at radius 2 is 1.86 bits per heavy atom. The van der Waals surface area contributed by atoms with E-state index in [1.54, 1.807) is 0 Å². The zero-order chi connectivity index (χ0) is 16.5. The summed E-state index contributed by atoms with van der Waals surface area (Å²) in [6, 6.07) is 0.310. The Morgan fingerprint density at radius 3 is 2.45 bits per heavy atom. The lowest BCUT2D eigenvalue weighted by Gasteiger charge is -2.48. The SMILES string of the molecule is CC(C)(C)CCNC1C(NC(=O)OC(C)(C)C)C2CCOC21. The van der Waals surface area contributed by atoms with Crippen molar-refractivity contribution >= 4 is 6.09 Å². The minimum Gasteiger partial charge on any atom is -0.444 e. The molecule has 1 heterocycles. The number of rotatable bonds is 4. The van der Waals surface area contributed by atoms with Gasteiger partial charge in [-0.3, -0.25) is 0 Å². The molecule has 2 rings (SSSR count). The van der Waals surface area contributed by atoms with Crippen LogP contribution in [0.4, 0.5) is 4.79 Å². The van der Waals surface area contributed by atoms with Crippen molar-refractivity contribution in [2.24, 2.45) is 11.3 Å². The summed E-state index contributed by atoms with van der Waals surface area (Å²) in [5.41, 5.74) is -0.157. The van der Waals surface area contributed by atoms with Crippen LogP contribution in [0.15, 0.2) is 0 Å². The van der Waals surface area contributed by atoms with Crippen molar-refractivity contribution < 1.29 is 14.3 Å². The van der Waals surface area contributed by atoms with Crippen LogP contribution in [0.3, 0.4) is 0 Å². The van der Waals surface area contributed by atoms with Gasteiger partial charge in [-0.2, -0.15) is 0 Å².